The number of aryl methyl sites for hydroxylation is 1. The standard InChI is InChI=1S/C11H21N3O/c1-2-5-12-10-11-13-6-8-14(11)7-3-4-9-15/h6,8,12,15H,2-5,7,9-10H2,1H3. The average Bonchev–Trinajstić information content (AvgIpc) is 2.67. The highest BCUT2D eigenvalue weighted by atomic mass is 16.2. The second-order valence-electron chi connectivity index (χ2n) is 3.64. The largest absolute Gasteiger partial charge is 0.396 e. The van der Waals surface area contributed by atoms with E-state index in [1.54, 1.807) is 0 Å². The highest BCUT2D eigenvalue weighted by molar-refractivity contribution is 4.91. The van der Waals surface area contributed by atoms with Gasteiger partial charge < -0.3 is 15.0 Å². The molecule has 0 unspecified atom stereocenters. The van der Waals surface area contributed by atoms with Gasteiger partial charge in [0.1, 0.15) is 5.82 Å². The Bertz CT molecular complexity index is 236. The molecule has 0 saturated heterocycles. The summed E-state index contributed by atoms with van der Waals surface area (Å²) in [5.41, 5.74) is 0. The minimum absolute atomic E-state index is 0.276. The van der Waals surface area contributed by atoms with Gasteiger partial charge in [-0.2, -0.15) is 0 Å². The van der Waals surface area contributed by atoms with Crippen molar-refractivity contribution in [1.82, 2.24) is 14.9 Å². The van der Waals surface area contributed by atoms with E-state index in [1.807, 2.05) is 12.4 Å². The number of rotatable bonds is 8. The molecule has 0 saturated carbocycles. The minimum Gasteiger partial charge on any atom is -0.396 e. The second-order valence-corrected chi connectivity index (χ2v) is 3.64. The average molecular weight is 211 g/mol. The lowest BCUT2D eigenvalue weighted by Gasteiger charge is -2.07. The molecule has 0 amide bonds. The minimum atomic E-state index is 0.276. The molecule has 1 aromatic heterocycles. The van der Waals surface area contributed by atoms with Crippen LogP contribution in [0.15, 0.2) is 12.4 Å². The Hall–Kier alpha value is -0.870. The van der Waals surface area contributed by atoms with Crippen molar-refractivity contribution in [3.05, 3.63) is 18.2 Å². The van der Waals surface area contributed by atoms with Crippen LogP contribution in [0.3, 0.4) is 0 Å². The summed E-state index contributed by atoms with van der Waals surface area (Å²) in [5, 5.41) is 12.0. The van der Waals surface area contributed by atoms with Gasteiger partial charge in [-0.15, -0.1) is 0 Å². The van der Waals surface area contributed by atoms with Crippen molar-refractivity contribution < 1.29 is 5.11 Å². The zero-order chi connectivity index (χ0) is 10.9. The molecular weight excluding hydrogens is 190 g/mol. The van der Waals surface area contributed by atoms with Crippen molar-refractivity contribution in [1.29, 1.82) is 0 Å². The van der Waals surface area contributed by atoms with E-state index < -0.39 is 0 Å². The predicted molar refractivity (Wildman–Crippen MR) is 60.5 cm³/mol. The molecule has 0 radical (unpaired) electrons. The molecule has 0 aliphatic carbocycles. The molecule has 86 valence electrons. The molecule has 0 aliphatic heterocycles. The smallest absolute Gasteiger partial charge is 0.122 e. The third kappa shape index (κ3) is 4.44. The van der Waals surface area contributed by atoms with Crippen molar-refractivity contribution in [2.75, 3.05) is 13.2 Å². The van der Waals surface area contributed by atoms with Gasteiger partial charge in [-0.3, -0.25) is 0 Å². The Morgan fingerprint density at radius 2 is 2.33 bits per heavy atom. The van der Waals surface area contributed by atoms with Crippen molar-refractivity contribution >= 4 is 0 Å². The normalized spacial score (nSPS) is 10.8. The lowest BCUT2D eigenvalue weighted by atomic mass is 10.3. The summed E-state index contributed by atoms with van der Waals surface area (Å²) in [6.45, 7) is 5.24. The molecule has 1 rings (SSSR count). The van der Waals surface area contributed by atoms with E-state index in [4.69, 9.17) is 5.11 Å². The van der Waals surface area contributed by atoms with Gasteiger partial charge in [0.25, 0.3) is 0 Å². The molecule has 4 nitrogen and oxygen atoms in total. The number of aromatic nitrogens is 2. The van der Waals surface area contributed by atoms with Gasteiger partial charge in [0, 0.05) is 25.5 Å². The van der Waals surface area contributed by atoms with E-state index in [0.29, 0.717) is 0 Å². The van der Waals surface area contributed by atoms with E-state index >= 15 is 0 Å². The first-order valence-electron chi connectivity index (χ1n) is 5.70. The van der Waals surface area contributed by atoms with Crippen LogP contribution in [0.4, 0.5) is 0 Å². The van der Waals surface area contributed by atoms with Gasteiger partial charge in [-0.25, -0.2) is 4.98 Å². The Labute approximate surface area is 91.3 Å². The van der Waals surface area contributed by atoms with E-state index in [1.165, 1.54) is 0 Å². The zero-order valence-electron chi connectivity index (χ0n) is 9.45. The predicted octanol–water partition coefficient (Wildman–Crippen LogP) is 1.16. The lowest BCUT2D eigenvalue weighted by molar-refractivity contribution is 0.281. The number of nitrogens with zero attached hydrogens (tertiary/aromatic N) is 2. The highest BCUT2D eigenvalue weighted by Gasteiger charge is 2.00. The number of unbranched alkanes of at least 4 members (excludes halogenated alkanes) is 1. The molecule has 1 heterocycles. The molecule has 2 N–H and O–H groups in total. The van der Waals surface area contributed by atoms with Gasteiger partial charge in [-0.1, -0.05) is 6.92 Å². The van der Waals surface area contributed by atoms with Crippen molar-refractivity contribution in [2.45, 2.75) is 39.3 Å². The highest BCUT2D eigenvalue weighted by Crippen LogP contribution is 2.00. The van der Waals surface area contributed by atoms with E-state index in [0.717, 1.165) is 44.7 Å². The number of aliphatic hydroxyl groups is 1. The maximum absolute atomic E-state index is 8.70. The first-order chi connectivity index (χ1) is 7.38. The molecule has 15 heavy (non-hydrogen) atoms. The fraction of sp³-hybridized carbons (Fsp3) is 0.727. The zero-order valence-corrected chi connectivity index (χ0v) is 9.45. The van der Waals surface area contributed by atoms with Crippen LogP contribution < -0.4 is 5.32 Å². The van der Waals surface area contributed by atoms with Crippen LogP contribution in [0, 0.1) is 0 Å². The van der Waals surface area contributed by atoms with Crippen LogP contribution in [-0.4, -0.2) is 27.8 Å². The molecule has 0 aromatic carbocycles. The van der Waals surface area contributed by atoms with Gasteiger partial charge >= 0.3 is 0 Å². The molecule has 0 bridgehead atoms. The van der Waals surface area contributed by atoms with Crippen LogP contribution in [0.2, 0.25) is 0 Å². The van der Waals surface area contributed by atoms with Crippen LogP contribution in [0.5, 0.6) is 0 Å². The molecule has 0 aliphatic rings. The summed E-state index contributed by atoms with van der Waals surface area (Å²) in [6.07, 6.45) is 6.85. The summed E-state index contributed by atoms with van der Waals surface area (Å²) in [5.74, 6) is 1.08. The molecule has 0 spiro atoms. The Balaban J connectivity index is 2.32. The SMILES string of the molecule is CCCNCc1nccn1CCCCO. The van der Waals surface area contributed by atoms with Crippen LogP contribution in [0.25, 0.3) is 0 Å². The number of hydrogen-bond donors (Lipinski definition) is 2. The Morgan fingerprint density at radius 3 is 3.07 bits per heavy atom. The summed E-state index contributed by atoms with van der Waals surface area (Å²) >= 11 is 0. The molecule has 0 fully saturated rings. The first kappa shape index (κ1) is 12.2. The van der Waals surface area contributed by atoms with Crippen molar-refractivity contribution in [3.8, 4) is 0 Å². The Morgan fingerprint density at radius 1 is 1.47 bits per heavy atom. The quantitative estimate of drug-likeness (QED) is 0.634. The number of hydrogen-bond acceptors (Lipinski definition) is 3. The van der Waals surface area contributed by atoms with Crippen molar-refractivity contribution in [3.63, 3.8) is 0 Å². The van der Waals surface area contributed by atoms with Gasteiger partial charge in [0.15, 0.2) is 0 Å². The fourth-order valence-corrected chi connectivity index (χ4v) is 1.48. The summed E-state index contributed by atoms with van der Waals surface area (Å²) in [4.78, 5) is 4.30. The Kier molecular flexibility index (Phi) is 6.04. The maximum Gasteiger partial charge on any atom is 0.122 e. The van der Waals surface area contributed by atoms with Gasteiger partial charge in [-0.05, 0) is 25.8 Å². The first-order valence-corrected chi connectivity index (χ1v) is 5.70. The second kappa shape index (κ2) is 7.43. The summed E-state index contributed by atoms with van der Waals surface area (Å²) < 4.78 is 2.15. The molecular formula is C11H21N3O. The third-order valence-electron chi connectivity index (χ3n) is 2.32. The van der Waals surface area contributed by atoms with Crippen LogP contribution in [-0.2, 0) is 13.1 Å². The van der Waals surface area contributed by atoms with Crippen molar-refractivity contribution in [2.24, 2.45) is 0 Å². The fourth-order valence-electron chi connectivity index (χ4n) is 1.48. The van der Waals surface area contributed by atoms with Crippen LogP contribution in [0.1, 0.15) is 32.0 Å². The van der Waals surface area contributed by atoms with Gasteiger partial charge in [0.2, 0.25) is 0 Å². The summed E-state index contributed by atoms with van der Waals surface area (Å²) in [6, 6.07) is 0. The number of imidazole rings is 1. The number of nitrogens with one attached hydrogen (secondary N) is 1. The lowest BCUT2D eigenvalue weighted by Crippen LogP contribution is -2.17. The maximum atomic E-state index is 8.70. The van der Waals surface area contributed by atoms with Crippen LogP contribution >= 0.6 is 0 Å². The third-order valence-corrected chi connectivity index (χ3v) is 2.32. The molecule has 4 heteroatoms. The van der Waals surface area contributed by atoms with Gasteiger partial charge in [0.05, 0.1) is 6.54 Å². The van der Waals surface area contributed by atoms with E-state index in [2.05, 4.69) is 21.8 Å². The monoisotopic (exact) mass is 211 g/mol. The van der Waals surface area contributed by atoms with E-state index in [9.17, 15) is 0 Å². The number of aliphatic hydroxyl groups excluding tert-OH is 1. The summed E-state index contributed by atoms with van der Waals surface area (Å²) in [7, 11) is 0. The molecule has 1 aromatic rings. The van der Waals surface area contributed by atoms with E-state index in [-0.39, 0.29) is 6.61 Å². The molecule has 0 atom stereocenters. The topological polar surface area (TPSA) is 50.1 Å².